The summed E-state index contributed by atoms with van der Waals surface area (Å²) in [5, 5.41) is 0. The number of nitrogens with zero attached hydrogens (tertiary/aromatic N) is 1. The van der Waals surface area contributed by atoms with Crippen molar-refractivity contribution in [3.05, 3.63) is 39.3 Å². The first-order valence-corrected chi connectivity index (χ1v) is 14.1. The van der Waals surface area contributed by atoms with Crippen LogP contribution in [0.15, 0.2) is 39.3 Å². The molecular weight excluding hydrogens is 542 g/mol. The molecule has 1 aromatic carbocycles. The first kappa shape index (κ1) is 22.0. The lowest BCUT2D eigenvalue weighted by atomic mass is 9.69. The summed E-state index contributed by atoms with van der Waals surface area (Å²) in [5.74, 6) is -1.47. The van der Waals surface area contributed by atoms with Crippen LogP contribution in [-0.2, 0) is 20.4 Å². The second-order valence-corrected chi connectivity index (χ2v) is 12.9. The second-order valence-electron chi connectivity index (χ2n) is 9.31. The van der Waals surface area contributed by atoms with E-state index in [9.17, 15) is 13.8 Å². The molecule has 0 aromatic heterocycles. The predicted molar refractivity (Wildman–Crippen MR) is 131 cm³/mol. The van der Waals surface area contributed by atoms with E-state index >= 15 is 0 Å². The highest BCUT2D eigenvalue weighted by atomic mass is 79.9. The molecule has 4 aliphatic rings. The molecule has 4 atom stereocenters. The van der Waals surface area contributed by atoms with Crippen LogP contribution in [0.5, 0.6) is 0 Å². The van der Waals surface area contributed by atoms with Gasteiger partial charge in [0.15, 0.2) is 0 Å². The molecule has 2 amide bonds. The summed E-state index contributed by atoms with van der Waals surface area (Å²) < 4.78 is 14.4. The molecule has 3 saturated heterocycles. The molecule has 31 heavy (non-hydrogen) atoms. The molecule has 0 radical (unpaired) electrons. The summed E-state index contributed by atoms with van der Waals surface area (Å²) >= 11 is 7.57. The number of benzene rings is 1. The van der Waals surface area contributed by atoms with Gasteiger partial charge in [-0.15, -0.1) is 0 Å². The van der Waals surface area contributed by atoms with Gasteiger partial charge in [-0.3, -0.25) is 13.8 Å². The summed E-state index contributed by atoms with van der Waals surface area (Å²) in [6.07, 6.45) is 10.2. The summed E-state index contributed by atoms with van der Waals surface area (Å²) in [6.45, 7) is 0. The van der Waals surface area contributed by atoms with Gasteiger partial charge in [-0.25, -0.2) is 4.90 Å². The van der Waals surface area contributed by atoms with Crippen molar-refractivity contribution in [3.63, 3.8) is 0 Å². The number of hydrogen-bond acceptors (Lipinski definition) is 3. The minimum absolute atomic E-state index is 0.180. The van der Waals surface area contributed by atoms with Gasteiger partial charge in [0.1, 0.15) is 0 Å². The lowest BCUT2D eigenvalue weighted by Gasteiger charge is -2.33. The normalized spacial score (nSPS) is 38.6. The van der Waals surface area contributed by atoms with E-state index in [1.165, 1.54) is 30.6 Å². The molecule has 2 bridgehead atoms. The smallest absolute Gasteiger partial charge is 0.239 e. The maximum absolute atomic E-state index is 14.3. The number of imide groups is 1. The number of carbonyl (C=O) groups is 2. The van der Waals surface area contributed by atoms with Crippen molar-refractivity contribution in [2.75, 3.05) is 4.90 Å². The van der Waals surface area contributed by atoms with Gasteiger partial charge >= 0.3 is 0 Å². The van der Waals surface area contributed by atoms with Gasteiger partial charge in [0, 0.05) is 19.8 Å². The average Bonchev–Trinajstić information content (AvgIpc) is 3.23. The number of carbonyl (C=O) groups excluding carboxylic acids is 2. The highest BCUT2D eigenvalue weighted by Gasteiger charge is 2.80. The Hall–Kier alpha value is -0.790. The quantitative estimate of drug-likeness (QED) is 0.393. The molecule has 4 unspecified atom stereocenters. The first-order valence-electron chi connectivity index (χ1n) is 11.4. The number of fused-ring (bicyclic) bond motifs is 1. The van der Waals surface area contributed by atoms with Gasteiger partial charge in [-0.05, 0) is 25.0 Å². The Morgan fingerprint density at radius 1 is 0.742 bits per heavy atom. The van der Waals surface area contributed by atoms with Crippen LogP contribution in [0, 0.1) is 11.8 Å². The monoisotopic (exact) mass is 567 g/mol. The summed E-state index contributed by atoms with van der Waals surface area (Å²) in [4.78, 5) is 29.0. The highest BCUT2D eigenvalue weighted by molar-refractivity contribution is 9.14. The first-order chi connectivity index (χ1) is 15.0. The molecule has 4 nitrogen and oxygen atoms in total. The van der Waals surface area contributed by atoms with E-state index in [1.807, 2.05) is 30.3 Å². The minimum Gasteiger partial charge on any atom is -0.274 e. The molecule has 3 fully saturated rings. The lowest BCUT2D eigenvalue weighted by molar-refractivity contribution is -0.122. The number of amides is 2. The predicted octanol–water partition coefficient (Wildman–Crippen LogP) is 5.96. The Bertz CT molecular complexity index is 924. The Morgan fingerprint density at radius 3 is 1.61 bits per heavy atom. The van der Waals surface area contributed by atoms with Crippen molar-refractivity contribution < 1.29 is 13.8 Å². The van der Waals surface area contributed by atoms with Crippen molar-refractivity contribution in [1.82, 2.24) is 0 Å². The zero-order valence-electron chi connectivity index (χ0n) is 17.4. The van der Waals surface area contributed by atoms with Crippen LogP contribution < -0.4 is 4.90 Å². The van der Waals surface area contributed by atoms with Crippen molar-refractivity contribution in [1.29, 1.82) is 0 Å². The molecule has 5 rings (SSSR count). The Balaban J connectivity index is 1.65. The lowest BCUT2D eigenvalue weighted by Crippen LogP contribution is -2.44. The molecule has 4 heterocycles. The van der Waals surface area contributed by atoms with E-state index in [4.69, 9.17) is 0 Å². The SMILES string of the molecule is O=C1C2C(C(=O)N1c1ccccc1)C13CCCCCCCCCCC2(C(Br)=C1Br)S3=O. The van der Waals surface area contributed by atoms with Crippen LogP contribution in [0.2, 0.25) is 0 Å². The molecule has 1 aromatic rings. The van der Waals surface area contributed by atoms with Gasteiger partial charge in [0.25, 0.3) is 0 Å². The number of halogens is 2. The molecule has 0 saturated carbocycles. The maximum atomic E-state index is 14.3. The zero-order valence-corrected chi connectivity index (χ0v) is 21.4. The minimum atomic E-state index is -1.32. The second kappa shape index (κ2) is 8.21. The standard InChI is InChI=1S/C24H27Br2NO3S/c25-19-20(26)24-15-11-6-4-2-1-3-5-10-14-23(19,31(24)30)17-18(24)22(29)27(21(17)28)16-12-8-7-9-13-16/h7-9,12-13,17-18H,1-6,10-11,14-15H2. The van der Waals surface area contributed by atoms with Crippen LogP contribution in [0.3, 0.4) is 0 Å². The molecule has 166 valence electrons. The molecule has 4 aliphatic heterocycles. The zero-order chi connectivity index (χ0) is 21.8. The van der Waals surface area contributed by atoms with Crippen LogP contribution in [0.25, 0.3) is 0 Å². The molecule has 0 aliphatic carbocycles. The molecular formula is C24H27Br2NO3S. The maximum Gasteiger partial charge on any atom is 0.239 e. The number of anilines is 1. The molecule has 0 spiro atoms. The van der Waals surface area contributed by atoms with Crippen molar-refractivity contribution in [2.45, 2.75) is 73.7 Å². The van der Waals surface area contributed by atoms with Crippen LogP contribution in [0.4, 0.5) is 5.69 Å². The summed E-state index contributed by atoms with van der Waals surface area (Å²) in [7, 11) is -1.32. The topological polar surface area (TPSA) is 54.5 Å². The van der Waals surface area contributed by atoms with Crippen LogP contribution in [0.1, 0.15) is 64.2 Å². The number of rotatable bonds is 1. The van der Waals surface area contributed by atoms with Crippen molar-refractivity contribution in [3.8, 4) is 0 Å². The number of hydrogen-bond donors (Lipinski definition) is 0. The third-order valence-electron chi connectivity index (χ3n) is 7.77. The Morgan fingerprint density at radius 2 is 1.16 bits per heavy atom. The molecule has 7 heteroatoms. The van der Waals surface area contributed by atoms with Crippen molar-refractivity contribution >= 4 is 60.2 Å². The van der Waals surface area contributed by atoms with E-state index in [0.717, 1.165) is 34.6 Å². The fourth-order valence-corrected chi connectivity index (χ4v) is 11.9. The summed E-state index contributed by atoms with van der Waals surface area (Å²) in [5.41, 5.74) is 0.618. The fraction of sp³-hybridized carbons (Fsp3) is 0.583. The highest BCUT2D eigenvalue weighted by Crippen LogP contribution is 2.70. The van der Waals surface area contributed by atoms with Gasteiger partial charge in [-0.2, -0.15) is 0 Å². The van der Waals surface area contributed by atoms with Crippen LogP contribution >= 0.6 is 31.9 Å². The van der Waals surface area contributed by atoms with E-state index in [2.05, 4.69) is 31.9 Å². The third-order valence-corrected chi connectivity index (χ3v) is 13.7. The van der Waals surface area contributed by atoms with Gasteiger partial charge in [-0.1, -0.05) is 101 Å². The van der Waals surface area contributed by atoms with Crippen molar-refractivity contribution in [2.24, 2.45) is 11.8 Å². The van der Waals surface area contributed by atoms with Gasteiger partial charge < -0.3 is 0 Å². The largest absolute Gasteiger partial charge is 0.274 e. The summed E-state index contributed by atoms with van der Waals surface area (Å²) in [6, 6.07) is 9.21. The molecule has 0 N–H and O–H groups in total. The number of para-hydroxylation sites is 1. The van der Waals surface area contributed by atoms with Crippen LogP contribution in [-0.4, -0.2) is 25.5 Å². The fourth-order valence-electron chi connectivity index (χ4n) is 6.36. The van der Waals surface area contributed by atoms with E-state index in [-0.39, 0.29) is 11.8 Å². The van der Waals surface area contributed by atoms with E-state index < -0.39 is 32.1 Å². The van der Waals surface area contributed by atoms with E-state index in [1.54, 1.807) is 0 Å². The third kappa shape index (κ3) is 2.91. The Labute approximate surface area is 202 Å². The van der Waals surface area contributed by atoms with E-state index in [0.29, 0.717) is 18.5 Å². The average molecular weight is 569 g/mol. The van der Waals surface area contributed by atoms with Gasteiger partial charge in [0.2, 0.25) is 11.8 Å². The Kier molecular flexibility index (Phi) is 5.83. The van der Waals surface area contributed by atoms with Gasteiger partial charge in [0.05, 0.1) is 27.0 Å².